The molecule has 0 radical (unpaired) electrons. The molecule has 0 spiro atoms. The number of nitrogens with one attached hydrogen (secondary N) is 1. The van der Waals surface area contributed by atoms with Gasteiger partial charge in [0.05, 0.1) is 6.61 Å². The summed E-state index contributed by atoms with van der Waals surface area (Å²) in [6, 6.07) is 4.20. The number of nitrogen functional groups attached to an aromatic ring is 1. The molecule has 0 aliphatic carbocycles. The van der Waals surface area contributed by atoms with Gasteiger partial charge < -0.3 is 15.2 Å². The predicted molar refractivity (Wildman–Crippen MR) is 64.0 cm³/mol. The number of ether oxygens (including phenoxy) is 2. The van der Waals surface area contributed by atoms with Crippen molar-refractivity contribution in [3.8, 4) is 5.75 Å². The molecular formula is C12H17FN2O2. The summed E-state index contributed by atoms with van der Waals surface area (Å²) in [6.45, 7) is 4.69. The molecule has 0 saturated heterocycles. The third kappa shape index (κ3) is 4.03. The van der Waals surface area contributed by atoms with Crippen LogP contribution in [0.25, 0.3) is 0 Å². The zero-order valence-corrected chi connectivity index (χ0v) is 10.00. The van der Waals surface area contributed by atoms with E-state index < -0.39 is 5.82 Å². The van der Waals surface area contributed by atoms with Crippen molar-refractivity contribution >= 4 is 5.84 Å². The normalized spacial score (nSPS) is 12.2. The van der Waals surface area contributed by atoms with Crippen LogP contribution in [0.3, 0.4) is 0 Å². The molecule has 4 nitrogen and oxygen atoms in total. The van der Waals surface area contributed by atoms with Crippen LogP contribution in [0.15, 0.2) is 18.2 Å². The minimum Gasteiger partial charge on any atom is -0.485 e. The lowest BCUT2D eigenvalue weighted by molar-refractivity contribution is 0.0637. The van der Waals surface area contributed by atoms with E-state index in [1.54, 1.807) is 13.0 Å². The molecule has 0 bridgehead atoms. The summed E-state index contributed by atoms with van der Waals surface area (Å²) < 4.78 is 24.1. The van der Waals surface area contributed by atoms with Gasteiger partial charge in [0.25, 0.3) is 0 Å². The molecule has 0 aliphatic heterocycles. The molecule has 1 aromatic rings. The SMILES string of the molecule is CCOCC(C)Oc1ccc(C(=N)N)cc1F. The molecule has 0 amide bonds. The second-order valence-corrected chi connectivity index (χ2v) is 3.65. The lowest BCUT2D eigenvalue weighted by atomic mass is 10.2. The third-order valence-corrected chi connectivity index (χ3v) is 2.13. The van der Waals surface area contributed by atoms with Crippen LogP contribution in [-0.2, 0) is 4.74 Å². The highest BCUT2D eigenvalue weighted by Crippen LogP contribution is 2.19. The second-order valence-electron chi connectivity index (χ2n) is 3.65. The van der Waals surface area contributed by atoms with Gasteiger partial charge in [0.1, 0.15) is 11.9 Å². The van der Waals surface area contributed by atoms with Gasteiger partial charge in [-0.25, -0.2) is 4.39 Å². The van der Waals surface area contributed by atoms with Gasteiger partial charge in [-0.2, -0.15) is 0 Å². The smallest absolute Gasteiger partial charge is 0.165 e. The molecule has 0 saturated carbocycles. The van der Waals surface area contributed by atoms with E-state index in [4.69, 9.17) is 20.6 Å². The van der Waals surface area contributed by atoms with Crippen molar-refractivity contribution in [3.63, 3.8) is 0 Å². The van der Waals surface area contributed by atoms with Crippen LogP contribution in [0.5, 0.6) is 5.75 Å². The van der Waals surface area contributed by atoms with Gasteiger partial charge in [-0.1, -0.05) is 0 Å². The number of rotatable bonds is 6. The molecule has 3 N–H and O–H groups in total. The molecule has 0 fully saturated rings. The highest BCUT2D eigenvalue weighted by atomic mass is 19.1. The Labute approximate surface area is 100 Å². The van der Waals surface area contributed by atoms with E-state index in [2.05, 4.69) is 0 Å². The van der Waals surface area contributed by atoms with Gasteiger partial charge in [-0.05, 0) is 32.0 Å². The summed E-state index contributed by atoms with van der Waals surface area (Å²) in [6.07, 6.45) is -0.229. The van der Waals surface area contributed by atoms with E-state index in [-0.39, 0.29) is 17.7 Å². The number of amidine groups is 1. The highest BCUT2D eigenvalue weighted by molar-refractivity contribution is 5.95. The fraction of sp³-hybridized carbons (Fsp3) is 0.417. The van der Waals surface area contributed by atoms with Gasteiger partial charge in [-0.3, -0.25) is 5.41 Å². The van der Waals surface area contributed by atoms with E-state index in [9.17, 15) is 4.39 Å². The summed E-state index contributed by atoms with van der Waals surface area (Å²) >= 11 is 0. The van der Waals surface area contributed by atoms with E-state index in [0.717, 1.165) is 0 Å². The van der Waals surface area contributed by atoms with Crippen LogP contribution in [0.1, 0.15) is 19.4 Å². The molecule has 94 valence electrons. The van der Waals surface area contributed by atoms with Crippen LogP contribution < -0.4 is 10.5 Å². The third-order valence-electron chi connectivity index (χ3n) is 2.13. The summed E-state index contributed by atoms with van der Waals surface area (Å²) in [7, 11) is 0. The lowest BCUT2D eigenvalue weighted by Crippen LogP contribution is -2.20. The zero-order chi connectivity index (χ0) is 12.8. The van der Waals surface area contributed by atoms with Gasteiger partial charge >= 0.3 is 0 Å². The Kier molecular flexibility index (Phi) is 4.90. The van der Waals surface area contributed by atoms with E-state index in [1.807, 2.05) is 6.92 Å². The minimum absolute atomic E-state index is 0.141. The Bertz CT molecular complexity index is 396. The molecule has 0 aliphatic rings. The largest absolute Gasteiger partial charge is 0.485 e. The summed E-state index contributed by atoms with van der Waals surface area (Å²) in [4.78, 5) is 0. The number of benzene rings is 1. The second kappa shape index (κ2) is 6.20. The first-order valence-corrected chi connectivity index (χ1v) is 5.43. The van der Waals surface area contributed by atoms with E-state index >= 15 is 0 Å². The van der Waals surface area contributed by atoms with Crippen LogP contribution >= 0.6 is 0 Å². The van der Waals surface area contributed by atoms with Crippen LogP contribution in [0.2, 0.25) is 0 Å². The average Bonchev–Trinajstić information content (AvgIpc) is 2.28. The van der Waals surface area contributed by atoms with Crippen molar-refractivity contribution in [1.29, 1.82) is 5.41 Å². The maximum absolute atomic E-state index is 13.6. The Morgan fingerprint density at radius 3 is 2.76 bits per heavy atom. The Morgan fingerprint density at radius 2 is 2.24 bits per heavy atom. The van der Waals surface area contributed by atoms with Crippen LogP contribution in [0, 0.1) is 11.2 Å². The molecule has 1 atom stereocenters. The number of nitrogens with two attached hydrogens (primary N) is 1. The standard InChI is InChI=1S/C12H17FN2O2/c1-3-16-7-8(2)17-11-5-4-9(12(14)15)6-10(11)13/h4-6,8H,3,7H2,1-2H3,(H3,14,15). The fourth-order valence-corrected chi connectivity index (χ4v) is 1.30. The molecule has 0 aromatic heterocycles. The van der Waals surface area contributed by atoms with Gasteiger partial charge in [0.15, 0.2) is 11.6 Å². The Morgan fingerprint density at radius 1 is 1.53 bits per heavy atom. The molecule has 5 heteroatoms. The summed E-state index contributed by atoms with van der Waals surface area (Å²) in [5.74, 6) is -0.555. The van der Waals surface area contributed by atoms with Crippen molar-refractivity contribution in [1.82, 2.24) is 0 Å². The molecule has 1 unspecified atom stereocenters. The van der Waals surface area contributed by atoms with Gasteiger partial charge in [-0.15, -0.1) is 0 Å². The molecular weight excluding hydrogens is 223 g/mol. The van der Waals surface area contributed by atoms with Gasteiger partial charge in [0.2, 0.25) is 0 Å². The number of hydrogen-bond acceptors (Lipinski definition) is 3. The van der Waals surface area contributed by atoms with Crippen molar-refractivity contribution in [3.05, 3.63) is 29.6 Å². The Balaban J connectivity index is 2.69. The summed E-state index contributed by atoms with van der Waals surface area (Å²) in [5.41, 5.74) is 5.60. The molecule has 17 heavy (non-hydrogen) atoms. The van der Waals surface area contributed by atoms with Crippen molar-refractivity contribution < 1.29 is 13.9 Å². The molecule has 0 heterocycles. The molecule has 1 aromatic carbocycles. The first-order valence-electron chi connectivity index (χ1n) is 5.43. The number of hydrogen-bond donors (Lipinski definition) is 2. The zero-order valence-electron chi connectivity index (χ0n) is 10.00. The highest BCUT2D eigenvalue weighted by Gasteiger charge is 2.10. The molecule has 1 rings (SSSR count). The predicted octanol–water partition coefficient (Wildman–Crippen LogP) is 1.91. The van der Waals surface area contributed by atoms with E-state index in [1.165, 1.54) is 12.1 Å². The quantitative estimate of drug-likeness (QED) is 0.589. The summed E-state index contributed by atoms with van der Waals surface area (Å²) in [5, 5.41) is 7.19. The first kappa shape index (κ1) is 13.4. The van der Waals surface area contributed by atoms with Crippen LogP contribution in [-0.4, -0.2) is 25.2 Å². The Hall–Kier alpha value is -1.62. The van der Waals surface area contributed by atoms with Crippen molar-refractivity contribution in [2.24, 2.45) is 5.73 Å². The monoisotopic (exact) mass is 240 g/mol. The lowest BCUT2D eigenvalue weighted by Gasteiger charge is -2.15. The van der Waals surface area contributed by atoms with Crippen LogP contribution in [0.4, 0.5) is 4.39 Å². The average molecular weight is 240 g/mol. The topological polar surface area (TPSA) is 68.3 Å². The first-order chi connectivity index (χ1) is 8.04. The fourth-order valence-electron chi connectivity index (χ4n) is 1.30. The van der Waals surface area contributed by atoms with Crippen molar-refractivity contribution in [2.45, 2.75) is 20.0 Å². The van der Waals surface area contributed by atoms with E-state index in [0.29, 0.717) is 18.8 Å². The maximum atomic E-state index is 13.6. The minimum atomic E-state index is -0.527. The van der Waals surface area contributed by atoms with Crippen molar-refractivity contribution in [2.75, 3.05) is 13.2 Å². The van der Waals surface area contributed by atoms with Gasteiger partial charge in [0, 0.05) is 12.2 Å². The maximum Gasteiger partial charge on any atom is 0.165 e. The number of halogens is 1.